The Morgan fingerprint density at radius 1 is 1.12 bits per heavy atom. The molecular weight excluding hydrogens is 300 g/mol. The number of aliphatic hydroxyl groups excluding tert-OH is 1. The molecule has 2 bridgehead atoms. The maximum absolute atomic E-state index is 12.6. The van der Waals surface area contributed by atoms with Gasteiger partial charge in [0.1, 0.15) is 0 Å². The summed E-state index contributed by atoms with van der Waals surface area (Å²) in [5.74, 6) is 1.07. The van der Waals surface area contributed by atoms with Crippen molar-refractivity contribution < 1.29 is 14.6 Å². The van der Waals surface area contributed by atoms with Gasteiger partial charge in [-0.2, -0.15) is 0 Å². The average Bonchev–Trinajstić information content (AvgIpc) is 2.85. The van der Waals surface area contributed by atoms with Crippen molar-refractivity contribution in [2.75, 3.05) is 13.7 Å². The Bertz CT molecular complexity index is 584. The highest BCUT2D eigenvalue weighted by molar-refractivity contribution is 5.77. The van der Waals surface area contributed by atoms with Gasteiger partial charge in [0.25, 0.3) is 0 Å². The summed E-state index contributed by atoms with van der Waals surface area (Å²) in [6.45, 7) is 4.91. The van der Waals surface area contributed by atoms with Gasteiger partial charge in [-0.25, -0.2) is 0 Å². The van der Waals surface area contributed by atoms with E-state index in [0.29, 0.717) is 11.8 Å². The van der Waals surface area contributed by atoms with Crippen LogP contribution in [0.25, 0.3) is 0 Å². The molecule has 1 spiro atoms. The van der Waals surface area contributed by atoms with Crippen molar-refractivity contribution in [3.05, 3.63) is 12.2 Å². The maximum Gasteiger partial charge on any atom is 0.311 e. The molecule has 0 heterocycles. The van der Waals surface area contributed by atoms with Gasteiger partial charge in [0, 0.05) is 5.41 Å². The van der Waals surface area contributed by atoms with E-state index in [1.165, 1.54) is 19.3 Å². The van der Waals surface area contributed by atoms with E-state index in [9.17, 15) is 9.90 Å². The molecule has 3 heteroatoms. The Hall–Kier alpha value is -0.830. The predicted molar refractivity (Wildman–Crippen MR) is 93.2 cm³/mol. The van der Waals surface area contributed by atoms with Crippen molar-refractivity contribution in [2.24, 2.45) is 33.5 Å². The molecule has 0 aliphatic heterocycles. The van der Waals surface area contributed by atoms with Gasteiger partial charge in [-0.05, 0) is 74.5 Å². The van der Waals surface area contributed by atoms with Crippen molar-refractivity contribution in [3.63, 3.8) is 0 Å². The number of carbonyl (C=O) groups excluding carboxylic acids is 1. The smallest absolute Gasteiger partial charge is 0.311 e. The summed E-state index contributed by atoms with van der Waals surface area (Å²) < 4.78 is 5.23. The second kappa shape index (κ2) is 5.09. The third-order valence-corrected chi connectivity index (χ3v) is 8.71. The zero-order chi connectivity index (χ0) is 17.2. The van der Waals surface area contributed by atoms with Crippen LogP contribution in [0.1, 0.15) is 65.2 Å². The topological polar surface area (TPSA) is 46.5 Å². The van der Waals surface area contributed by atoms with E-state index in [1.807, 2.05) is 0 Å². The van der Waals surface area contributed by atoms with E-state index in [0.717, 1.165) is 32.1 Å². The summed E-state index contributed by atoms with van der Waals surface area (Å²) in [6, 6.07) is 0. The van der Waals surface area contributed by atoms with Gasteiger partial charge in [0.2, 0.25) is 0 Å². The predicted octanol–water partition coefficient (Wildman–Crippen LogP) is 4.10. The van der Waals surface area contributed by atoms with Crippen LogP contribution in [0.5, 0.6) is 0 Å². The Morgan fingerprint density at radius 3 is 2.58 bits per heavy atom. The molecule has 0 amide bonds. The molecule has 0 radical (unpaired) electrons. The first kappa shape index (κ1) is 16.6. The number of hydrogen-bond acceptors (Lipinski definition) is 3. The van der Waals surface area contributed by atoms with E-state index in [-0.39, 0.29) is 34.2 Å². The zero-order valence-corrected chi connectivity index (χ0v) is 15.4. The first-order valence-electron chi connectivity index (χ1n) is 9.74. The van der Waals surface area contributed by atoms with Crippen LogP contribution in [-0.4, -0.2) is 24.8 Å². The number of rotatable bonds is 2. The normalized spacial score (nSPS) is 52.5. The lowest BCUT2D eigenvalue weighted by molar-refractivity contribution is -0.183. The molecule has 3 nitrogen and oxygen atoms in total. The first-order valence-corrected chi connectivity index (χ1v) is 9.74. The fourth-order valence-corrected chi connectivity index (χ4v) is 7.64. The first-order chi connectivity index (χ1) is 11.3. The van der Waals surface area contributed by atoms with Crippen LogP contribution in [0.3, 0.4) is 0 Å². The number of esters is 1. The van der Waals surface area contributed by atoms with Gasteiger partial charge in [-0.1, -0.05) is 25.5 Å². The second-order valence-electron chi connectivity index (χ2n) is 9.71. The van der Waals surface area contributed by atoms with Crippen molar-refractivity contribution in [1.82, 2.24) is 0 Å². The van der Waals surface area contributed by atoms with Gasteiger partial charge in [-0.15, -0.1) is 0 Å². The van der Waals surface area contributed by atoms with Crippen molar-refractivity contribution >= 4 is 5.97 Å². The number of methoxy groups -OCH3 is 1. The van der Waals surface area contributed by atoms with E-state index in [1.54, 1.807) is 7.11 Å². The molecule has 134 valence electrons. The summed E-state index contributed by atoms with van der Waals surface area (Å²) in [6.07, 6.45) is 13.8. The summed E-state index contributed by atoms with van der Waals surface area (Å²) in [7, 11) is 1.54. The second-order valence-corrected chi connectivity index (χ2v) is 9.71. The third kappa shape index (κ3) is 1.91. The highest BCUT2D eigenvalue weighted by Gasteiger charge is 2.65. The van der Waals surface area contributed by atoms with Gasteiger partial charge < -0.3 is 9.84 Å². The lowest BCUT2D eigenvalue weighted by atomic mass is 9.40. The fourth-order valence-electron chi connectivity index (χ4n) is 7.64. The number of allylic oxidation sites excluding steroid dienone is 1. The van der Waals surface area contributed by atoms with E-state index in [2.05, 4.69) is 26.0 Å². The molecule has 4 aliphatic carbocycles. The lowest BCUT2D eigenvalue weighted by Crippen LogP contribution is -2.59. The molecule has 3 saturated carbocycles. The Balaban J connectivity index is 1.72. The highest BCUT2D eigenvalue weighted by atomic mass is 16.5. The van der Waals surface area contributed by atoms with Crippen LogP contribution in [-0.2, 0) is 9.53 Å². The zero-order valence-electron chi connectivity index (χ0n) is 15.4. The molecule has 6 atom stereocenters. The van der Waals surface area contributed by atoms with Crippen LogP contribution in [0.4, 0.5) is 0 Å². The quantitative estimate of drug-likeness (QED) is 0.612. The van der Waals surface area contributed by atoms with Gasteiger partial charge in [-0.3, -0.25) is 4.79 Å². The largest absolute Gasteiger partial charge is 0.469 e. The van der Waals surface area contributed by atoms with E-state index >= 15 is 0 Å². The van der Waals surface area contributed by atoms with E-state index < -0.39 is 0 Å². The van der Waals surface area contributed by atoms with Crippen molar-refractivity contribution in [2.45, 2.75) is 65.2 Å². The summed E-state index contributed by atoms with van der Waals surface area (Å²) in [4.78, 5) is 12.6. The molecule has 0 aromatic rings. The third-order valence-electron chi connectivity index (χ3n) is 8.71. The van der Waals surface area contributed by atoms with E-state index in [4.69, 9.17) is 4.74 Å². The molecular formula is C21H32O3. The Labute approximate surface area is 145 Å². The molecule has 3 fully saturated rings. The number of fused-ring (bicyclic) bond motifs is 3. The Morgan fingerprint density at radius 2 is 1.88 bits per heavy atom. The number of aliphatic hydroxyl groups is 1. The van der Waals surface area contributed by atoms with Gasteiger partial charge in [0.15, 0.2) is 0 Å². The minimum absolute atomic E-state index is 0.00291. The van der Waals surface area contributed by atoms with Crippen molar-refractivity contribution in [1.29, 1.82) is 0 Å². The monoisotopic (exact) mass is 332 g/mol. The summed E-state index contributed by atoms with van der Waals surface area (Å²) in [5, 5.41) is 9.93. The van der Waals surface area contributed by atoms with Gasteiger partial charge in [0.05, 0.1) is 19.1 Å². The van der Waals surface area contributed by atoms with Crippen LogP contribution in [0, 0.1) is 33.5 Å². The Kier molecular flexibility index (Phi) is 3.53. The highest BCUT2D eigenvalue weighted by Crippen LogP contribution is 2.71. The lowest BCUT2D eigenvalue weighted by Gasteiger charge is -2.64. The fraction of sp³-hybridized carbons (Fsp3) is 0.857. The molecule has 0 unspecified atom stereocenters. The maximum atomic E-state index is 12.6. The number of ether oxygens (including phenoxy) is 1. The van der Waals surface area contributed by atoms with Gasteiger partial charge >= 0.3 is 5.97 Å². The average molecular weight is 332 g/mol. The standard InChI is InChI=1S/C21H32O3/c1-18-7-4-8-19(2,17(23)24-3)15(18)6-10-21-12-11-20(13-21,14-22)9-5-16(18)21/h11-12,15-16,22H,4-10,13-14H2,1-3H3/t15-,16-,18+,19+,20-,21-/m1/s1. The molecule has 4 rings (SSSR count). The minimum Gasteiger partial charge on any atom is -0.469 e. The minimum atomic E-state index is -0.322. The number of carbonyl (C=O) groups is 1. The van der Waals surface area contributed by atoms with Crippen LogP contribution < -0.4 is 0 Å². The molecule has 24 heavy (non-hydrogen) atoms. The van der Waals surface area contributed by atoms with Crippen LogP contribution in [0.2, 0.25) is 0 Å². The summed E-state index contributed by atoms with van der Waals surface area (Å²) >= 11 is 0. The molecule has 1 N–H and O–H groups in total. The molecule has 0 aromatic heterocycles. The molecule has 0 saturated heterocycles. The van der Waals surface area contributed by atoms with Crippen molar-refractivity contribution in [3.8, 4) is 0 Å². The number of hydrogen-bond donors (Lipinski definition) is 1. The molecule has 0 aromatic carbocycles. The van der Waals surface area contributed by atoms with Crippen LogP contribution >= 0.6 is 0 Å². The molecule has 4 aliphatic rings. The SMILES string of the molecule is COC(=O)[C@@]1(C)CCC[C@@]2(C)[C@H]1CC[C@]13C=C[C@](CO)(CC[C@@H]12)C3. The summed E-state index contributed by atoms with van der Waals surface area (Å²) in [5.41, 5.74) is 0.202. The van der Waals surface area contributed by atoms with Crippen LogP contribution in [0.15, 0.2) is 12.2 Å².